The smallest absolute Gasteiger partial charge is 0.320 e. The highest BCUT2D eigenvalue weighted by Crippen LogP contribution is 2.31. The van der Waals surface area contributed by atoms with Crippen molar-refractivity contribution in [2.75, 3.05) is 26.2 Å². The van der Waals surface area contributed by atoms with Gasteiger partial charge in [0.1, 0.15) is 0 Å². The van der Waals surface area contributed by atoms with Crippen molar-refractivity contribution in [1.82, 2.24) is 9.80 Å². The number of likely N-dealkylation sites (tertiary alicyclic amines) is 2. The van der Waals surface area contributed by atoms with Gasteiger partial charge in [0, 0.05) is 19.6 Å². The number of nitrogens with zero attached hydrogens (tertiary/aromatic N) is 2. The average Bonchev–Trinajstić information content (AvgIpc) is 2.86. The molecule has 108 valence electrons. The van der Waals surface area contributed by atoms with Gasteiger partial charge in [0.15, 0.2) is 0 Å². The van der Waals surface area contributed by atoms with Crippen LogP contribution in [0.2, 0.25) is 0 Å². The number of hydrogen-bond donors (Lipinski definition) is 2. The number of aliphatic hydroxyl groups excluding tert-OH is 1. The maximum absolute atomic E-state index is 12.4. The third-order valence-corrected chi connectivity index (χ3v) is 4.32. The first kappa shape index (κ1) is 14.1. The summed E-state index contributed by atoms with van der Waals surface area (Å²) in [4.78, 5) is 27.0. The number of piperidine rings is 1. The summed E-state index contributed by atoms with van der Waals surface area (Å²) in [5, 5.41) is 18.5. The summed E-state index contributed by atoms with van der Waals surface area (Å²) in [6.07, 6.45) is 3.05. The number of carboxylic acid groups (broad SMARTS) is 1. The number of carbonyl (C=O) groups excluding carboxylic acids is 1. The summed E-state index contributed by atoms with van der Waals surface area (Å²) in [6, 6.07) is -0.228. The van der Waals surface area contributed by atoms with Gasteiger partial charge in [0.05, 0.1) is 18.1 Å². The van der Waals surface area contributed by atoms with E-state index in [1.54, 1.807) is 16.7 Å². The van der Waals surface area contributed by atoms with Crippen LogP contribution in [0.15, 0.2) is 0 Å². The normalized spacial score (nSPS) is 31.6. The second-order valence-electron chi connectivity index (χ2n) is 5.85. The Bertz CT molecular complexity index is 374. The number of amides is 2. The van der Waals surface area contributed by atoms with Gasteiger partial charge in [0.25, 0.3) is 0 Å². The third-order valence-electron chi connectivity index (χ3n) is 4.32. The van der Waals surface area contributed by atoms with Crippen molar-refractivity contribution < 1.29 is 19.8 Å². The van der Waals surface area contributed by atoms with Crippen LogP contribution in [0.5, 0.6) is 0 Å². The fourth-order valence-corrected chi connectivity index (χ4v) is 3.04. The van der Waals surface area contributed by atoms with Crippen LogP contribution in [-0.4, -0.2) is 64.3 Å². The molecule has 19 heavy (non-hydrogen) atoms. The van der Waals surface area contributed by atoms with E-state index >= 15 is 0 Å². The number of rotatable bonds is 2. The second kappa shape index (κ2) is 5.36. The van der Waals surface area contributed by atoms with Crippen LogP contribution in [0.3, 0.4) is 0 Å². The van der Waals surface area contributed by atoms with E-state index in [1.807, 2.05) is 0 Å². The van der Waals surface area contributed by atoms with E-state index in [0.717, 1.165) is 12.8 Å². The summed E-state index contributed by atoms with van der Waals surface area (Å²) >= 11 is 0. The van der Waals surface area contributed by atoms with Gasteiger partial charge in [0.2, 0.25) is 0 Å². The zero-order valence-corrected chi connectivity index (χ0v) is 11.3. The number of aliphatic hydroxyl groups is 1. The summed E-state index contributed by atoms with van der Waals surface area (Å²) in [6.45, 7) is 3.20. The van der Waals surface area contributed by atoms with E-state index in [-0.39, 0.29) is 25.2 Å². The maximum atomic E-state index is 12.4. The molecule has 2 aliphatic heterocycles. The molecule has 6 nitrogen and oxygen atoms in total. The van der Waals surface area contributed by atoms with Crippen molar-refractivity contribution in [3.8, 4) is 0 Å². The highest BCUT2D eigenvalue weighted by atomic mass is 16.4. The first-order chi connectivity index (χ1) is 8.98. The molecule has 2 rings (SSSR count). The second-order valence-corrected chi connectivity index (χ2v) is 5.85. The Kier molecular flexibility index (Phi) is 3.99. The number of carbonyl (C=O) groups is 2. The Labute approximate surface area is 113 Å². The molecule has 2 saturated heterocycles. The predicted molar refractivity (Wildman–Crippen MR) is 68.8 cm³/mol. The van der Waals surface area contributed by atoms with Crippen LogP contribution < -0.4 is 0 Å². The molecule has 2 amide bonds. The van der Waals surface area contributed by atoms with E-state index in [4.69, 9.17) is 0 Å². The van der Waals surface area contributed by atoms with Gasteiger partial charge < -0.3 is 20.0 Å². The van der Waals surface area contributed by atoms with Gasteiger partial charge >= 0.3 is 12.0 Å². The SMILES string of the molecule is CC1(C(=O)O)CCCN(C(=O)N2CCCC2CO)C1. The highest BCUT2D eigenvalue weighted by molar-refractivity contribution is 5.79. The molecule has 2 aliphatic rings. The van der Waals surface area contributed by atoms with Crippen molar-refractivity contribution >= 4 is 12.0 Å². The zero-order valence-electron chi connectivity index (χ0n) is 11.3. The molecule has 0 spiro atoms. The molecule has 0 radical (unpaired) electrons. The van der Waals surface area contributed by atoms with Gasteiger partial charge in [-0.25, -0.2) is 4.79 Å². The van der Waals surface area contributed by atoms with Crippen LogP contribution in [0.1, 0.15) is 32.6 Å². The molecular formula is C13H22N2O4. The molecule has 6 heteroatoms. The molecule has 2 heterocycles. The first-order valence-electron chi connectivity index (χ1n) is 6.88. The Hall–Kier alpha value is -1.30. The Morgan fingerprint density at radius 2 is 2.05 bits per heavy atom. The molecule has 0 bridgehead atoms. The minimum Gasteiger partial charge on any atom is -0.481 e. The fourth-order valence-electron chi connectivity index (χ4n) is 3.04. The highest BCUT2D eigenvalue weighted by Gasteiger charge is 2.41. The third kappa shape index (κ3) is 2.68. The molecule has 0 aromatic carbocycles. The molecule has 0 saturated carbocycles. The lowest BCUT2D eigenvalue weighted by atomic mass is 9.82. The van der Waals surface area contributed by atoms with Crippen LogP contribution in [0.4, 0.5) is 4.79 Å². The van der Waals surface area contributed by atoms with Crippen molar-refractivity contribution in [3.05, 3.63) is 0 Å². The quantitative estimate of drug-likeness (QED) is 0.776. The van der Waals surface area contributed by atoms with Crippen molar-refractivity contribution in [2.24, 2.45) is 5.41 Å². The molecule has 2 N–H and O–H groups in total. The van der Waals surface area contributed by atoms with Crippen molar-refractivity contribution in [1.29, 1.82) is 0 Å². The van der Waals surface area contributed by atoms with Crippen LogP contribution in [-0.2, 0) is 4.79 Å². The number of urea groups is 1. The molecule has 2 atom stereocenters. The molecular weight excluding hydrogens is 248 g/mol. The monoisotopic (exact) mass is 270 g/mol. The number of carboxylic acids is 1. The minimum absolute atomic E-state index is 0.0181. The Morgan fingerprint density at radius 1 is 1.32 bits per heavy atom. The standard InChI is InChI=1S/C13H22N2O4/c1-13(11(17)18)5-3-6-14(9-13)12(19)15-7-2-4-10(15)8-16/h10,16H,2-9H2,1H3,(H,17,18). The lowest BCUT2D eigenvalue weighted by Gasteiger charge is -2.40. The molecule has 2 fully saturated rings. The molecule has 0 aromatic rings. The fraction of sp³-hybridized carbons (Fsp3) is 0.846. The van der Waals surface area contributed by atoms with Crippen LogP contribution >= 0.6 is 0 Å². The van der Waals surface area contributed by atoms with E-state index in [1.165, 1.54) is 0 Å². The van der Waals surface area contributed by atoms with Crippen molar-refractivity contribution in [2.45, 2.75) is 38.6 Å². The van der Waals surface area contributed by atoms with E-state index in [9.17, 15) is 19.8 Å². The first-order valence-corrected chi connectivity index (χ1v) is 6.88. The van der Waals surface area contributed by atoms with Crippen LogP contribution in [0, 0.1) is 5.41 Å². The largest absolute Gasteiger partial charge is 0.481 e. The maximum Gasteiger partial charge on any atom is 0.320 e. The number of aliphatic carboxylic acids is 1. The van der Waals surface area contributed by atoms with Gasteiger partial charge in [-0.2, -0.15) is 0 Å². The molecule has 0 aliphatic carbocycles. The van der Waals surface area contributed by atoms with E-state index in [0.29, 0.717) is 25.9 Å². The summed E-state index contributed by atoms with van der Waals surface area (Å²) in [5.74, 6) is -0.842. The van der Waals surface area contributed by atoms with Gasteiger partial charge in [-0.1, -0.05) is 0 Å². The van der Waals surface area contributed by atoms with Crippen molar-refractivity contribution in [3.63, 3.8) is 0 Å². The number of hydrogen-bond acceptors (Lipinski definition) is 3. The van der Waals surface area contributed by atoms with Gasteiger partial charge in [-0.05, 0) is 32.6 Å². The molecule has 0 aromatic heterocycles. The lowest BCUT2D eigenvalue weighted by Crippen LogP contribution is -2.53. The summed E-state index contributed by atoms with van der Waals surface area (Å²) < 4.78 is 0. The van der Waals surface area contributed by atoms with Gasteiger partial charge in [-0.3, -0.25) is 4.79 Å². The van der Waals surface area contributed by atoms with E-state index < -0.39 is 11.4 Å². The summed E-state index contributed by atoms with van der Waals surface area (Å²) in [7, 11) is 0. The predicted octanol–water partition coefficient (Wildman–Crippen LogP) is 0.750. The van der Waals surface area contributed by atoms with Crippen LogP contribution in [0.25, 0.3) is 0 Å². The topological polar surface area (TPSA) is 81.1 Å². The average molecular weight is 270 g/mol. The minimum atomic E-state index is -0.845. The summed E-state index contributed by atoms with van der Waals surface area (Å²) in [5.41, 5.74) is -0.845. The Morgan fingerprint density at radius 3 is 2.68 bits per heavy atom. The molecule has 2 unspecified atom stereocenters. The lowest BCUT2D eigenvalue weighted by molar-refractivity contribution is -0.150. The van der Waals surface area contributed by atoms with Gasteiger partial charge in [-0.15, -0.1) is 0 Å². The Balaban J connectivity index is 2.05. The zero-order chi connectivity index (χ0) is 14.0. The van der Waals surface area contributed by atoms with E-state index in [2.05, 4.69) is 0 Å².